The van der Waals surface area contributed by atoms with Crippen LogP contribution in [0.25, 0.3) is 0 Å². The lowest BCUT2D eigenvalue weighted by Crippen LogP contribution is -2.31. The van der Waals surface area contributed by atoms with E-state index in [1.807, 2.05) is 20.8 Å². The number of benzene rings is 1. The van der Waals surface area contributed by atoms with Gasteiger partial charge in [0.1, 0.15) is 6.04 Å². The van der Waals surface area contributed by atoms with Crippen LogP contribution in [0.1, 0.15) is 32.8 Å². The van der Waals surface area contributed by atoms with Crippen molar-refractivity contribution in [2.24, 2.45) is 11.7 Å². The minimum absolute atomic E-state index is 0.00694. The molecule has 0 aromatic heterocycles. The van der Waals surface area contributed by atoms with Crippen molar-refractivity contribution in [3.63, 3.8) is 0 Å². The zero-order valence-electron chi connectivity index (χ0n) is 12.5. The molecule has 0 saturated heterocycles. The molecule has 0 aliphatic heterocycles. The molecule has 0 saturated carbocycles. The molecule has 0 aliphatic rings. The van der Waals surface area contributed by atoms with E-state index < -0.39 is 22.1 Å². The van der Waals surface area contributed by atoms with Gasteiger partial charge in [0, 0.05) is 0 Å². The van der Waals surface area contributed by atoms with Gasteiger partial charge in [-0.1, -0.05) is 39.0 Å². The third-order valence-electron chi connectivity index (χ3n) is 2.67. The number of carbonyl (C=O) groups is 1. The molecule has 0 spiro atoms. The van der Waals surface area contributed by atoms with E-state index in [1.54, 1.807) is 18.2 Å². The minimum atomic E-state index is -4.05. The molecule has 21 heavy (non-hydrogen) atoms. The van der Waals surface area contributed by atoms with Gasteiger partial charge in [-0.2, -0.15) is 8.42 Å². The van der Waals surface area contributed by atoms with Crippen molar-refractivity contribution in [1.29, 1.82) is 0 Å². The number of hydrogen-bond acceptors (Lipinski definition) is 4. The molecule has 1 atom stereocenters. The fraction of sp³-hybridized carbons (Fsp3) is 0.500. The highest BCUT2D eigenvalue weighted by atomic mass is 32.2. The highest BCUT2D eigenvalue weighted by Gasteiger charge is 2.12. The molecule has 0 bridgehead atoms. The quantitative estimate of drug-likeness (QED) is 0.714. The Hall–Kier alpha value is -1.44. The summed E-state index contributed by atoms with van der Waals surface area (Å²) < 4.78 is 30.3. The fourth-order valence-electron chi connectivity index (χ4n) is 1.66. The highest BCUT2D eigenvalue weighted by molar-refractivity contribution is 7.85. The van der Waals surface area contributed by atoms with Crippen molar-refractivity contribution in [1.82, 2.24) is 0 Å². The molecule has 7 heteroatoms. The van der Waals surface area contributed by atoms with Gasteiger partial charge >= 0.3 is 5.97 Å². The predicted octanol–water partition coefficient (Wildman–Crippen LogP) is 1.94. The van der Waals surface area contributed by atoms with Crippen molar-refractivity contribution < 1.29 is 22.9 Å². The molecule has 0 heterocycles. The molecule has 1 rings (SSSR count). The average Bonchev–Trinajstić information content (AvgIpc) is 2.37. The Kier molecular flexibility index (Phi) is 8.16. The van der Waals surface area contributed by atoms with Gasteiger partial charge in [0.2, 0.25) is 0 Å². The third kappa shape index (κ3) is 7.79. The average molecular weight is 317 g/mol. The number of nitrogens with two attached hydrogens (primary N) is 1. The summed E-state index contributed by atoms with van der Waals surface area (Å²) in [7, 11) is -4.05. The monoisotopic (exact) mass is 317 g/mol. The molecule has 0 amide bonds. The molecule has 4 N–H and O–H groups in total. The summed E-state index contributed by atoms with van der Waals surface area (Å²) in [6, 6.07) is 5.72. The SMILES string of the molecule is CC(C)CC(N)C(=O)O.CCc1ccccc1S(=O)(=O)O. The number of aliphatic carboxylic acids is 1. The third-order valence-corrected chi connectivity index (χ3v) is 3.63. The number of hydrogen-bond donors (Lipinski definition) is 3. The van der Waals surface area contributed by atoms with E-state index in [0.717, 1.165) is 0 Å². The van der Waals surface area contributed by atoms with Crippen LogP contribution in [0.3, 0.4) is 0 Å². The summed E-state index contributed by atoms with van der Waals surface area (Å²) in [4.78, 5) is 10.1. The molecule has 0 fully saturated rings. The Morgan fingerprint density at radius 2 is 1.81 bits per heavy atom. The summed E-state index contributed by atoms with van der Waals surface area (Å²) in [5, 5.41) is 8.31. The first-order valence-corrected chi connectivity index (χ1v) is 8.07. The van der Waals surface area contributed by atoms with Crippen LogP contribution in [-0.2, 0) is 21.3 Å². The Bertz CT molecular complexity index is 554. The first kappa shape index (κ1) is 19.6. The van der Waals surface area contributed by atoms with Gasteiger partial charge in [0.15, 0.2) is 0 Å². The maximum absolute atomic E-state index is 10.8. The first-order valence-electron chi connectivity index (χ1n) is 6.63. The van der Waals surface area contributed by atoms with Crippen molar-refractivity contribution in [2.75, 3.05) is 0 Å². The lowest BCUT2D eigenvalue weighted by molar-refractivity contribution is -0.138. The van der Waals surface area contributed by atoms with Crippen LogP contribution in [0.2, 0.25) is 0 Å². The van der Waals surface area contributed by atoms with Gasteiger partial charge < -0.3 is 10.8 Å². The van der Waals surface area contributed by atoms with Crippen LogP contribution in [-0.4, -0.2) is 30.1 Å². The largest absolute Gasteiger partial charge is 0.480 e. The maximum atomic E-state index is 10.8. The van der Waals surface area contributed by atoms with Gasteiger partial charge in [-0.25, -0.2) is 0 Å². The molecule has 0 aliphatic carbocycles. The van der Waals surface area contributed by atoms with Crippen LogP contribution >= 0.6 is 0 Å². The van der Waals surface area contributed by atoms with E-state index in [0.29, 0.717) is 24.3 Å². The predicted molar refractivity (Wildman–Crippen MR) is 80.7 cm³/mol. The number of aryl methyl sites for hydroxylation is 1. The molecule has 1 unspecified atom stereocenters. The zero-order chi connectivity index (χ0) is 16.6. The second-order valence-corrected chi connectivity index (χ2v) is 6.40. The Balaban J connectivity index is 0.000000400. The van der Waals surface area contributed by atoms with Crippen LogP contribution in [0.4, 0.5) is 0 Å². The Labute approximate surface area is 125 Å². The van der Waals surface area contributed by atoms with Crippen LogP contribution < -0.4 is 5.73 Å². The number of rotatable bonds is 5. The van der Waals surface area contributed by atoms with Crippen molar-refractivity contribution >= 4 is 16.1 Å². The van der Waals surface area contributed by atoms with Crippen LogP contribution in [0.15, 0.2) is 29.2 Å². The number of carboxylic acid groups (broad SMARTS) is 1. The molecule has 1 aromatic carbocycles. The van der Waals surface area contributed by atoms with E-state index in [9.17, 15) is 13.2 Å². The van der Waals surface area contributed by atoms with Gasteiger partial charge in [0.05, 0.1) is 4.90 Å². The maximum Gasteiger partial charge on any atom is 0.320 e. The van der Waals surface area contributed by atoms with Gasteiger partial charge in [-0.3, -0.25) is 9.35 Å². The molecular formula is C14H23NO5S. The highest BCUT2D eigenvalue weighted by Crippen LogP contribution is 2.14. The van der Waals surface area contributed by atoms with Crippen molar-refractivity contribution in [3.8, 4) is 0 Å². The number of carboxylic acids is 1. The summed E-state index contributed by atoms with van der Waals surface area (Å²) in [6.07, 6.45) is 1.14. The van der Waals surface area contributed by atoms with E-state index in [1.165, 1.54) is 6.07 Å². The normalized spacial score (nSPS) is 12.5. The fourth-order valence-corrected chi connectivity index (χ4v) is 2.45. The van der Waals surface area contributed by atoms with Gasteiger partial charge in [-0.15, -0.1) is 0 Å². The van der Waals surface area contributed by atoms with Crippen molar-refractivity contribution in [3.05, 3.63) is 29.8 Å². The molecule has 120 valence electrons. The molecule has 6 nitrogen and oxygen atoms in total. The molecular weight excluding hydrogens is 294 g/mol. The summed E-state index contributed by atoms with van der Waals surface area (Å²) in [5.41, 5.74) is 5.86. The van der Waals surface area contributed by atoms with Crippen LogP contribution in [0.5, 0.6) is 0 Å². The zero-order valence-corrected chi connectivity index (χ0v) is 13.3. The van der Waals surface area contributed by atoms with Gasteiger partial charge in [0.25, 0.3) is 10.1 Å². The summed E-state index contributed by atoms with van der Waals surface area (Å²) >= 11 is 0. The van der Waals surface area contributed by atoms with Crippen molar-refractivity contribution in [2.45, 2.75) is 44.6 Å². The first-order chi connectivity index (χ1) is 9.59. The summed E-state index contributed by atoms with van der Waals surface area (Å²) in [6.45, 7) is 5.73. The van der Waals surface area contributed by atoms with E-state index >= 15 is 0 Å². The lowest BCUT2D eigenvalue weighted by Gasteiger charge is -2.07. The Morgan fingerprint density at radius 1 is 1.29 bits per heavy atom. The Morgan fingerprint density at radius 3 is 2.10 bits per heavy atom. The second-order valence-electron chi connectivity index (χ2n) is 5.01. The van der Waals surface area contributed by atoms with Gasteiger partial charge in [-0.05, 0) is 30.4 Å². The lowest BCUT2D eigenvalue weighted by atomic mass is 10.1. The second kappa shape index (κ2) is 8.76. The molecule has 1 aromatic rings. The van der Waals surface area contributed by atoms with Crippen LogP contribution in [0, 0.1) is 5.92 Å². The van der Waals surface area contributed by atoms with E-state index in [4.69, 9.17) is 15.4 Å². The topological polar surface area (TPSA) is 118 Å². The standard InChI is InChI=1S/C8H10O3S.C6H13NO2/c1-2-7-5-3-4-6-8(7)12(9,10)11;1-4(2)3-5(7)6(8)9/h3-6H,2H2,1H3,(H,9,10,11);4-5H,3,7H2,1-2H3,(H,8,9). The molecule has 0 radical (unpaired) electrons. The summed E-state index contributed by atoms with van der Waals surface area (Å²) in [5.74, 6) is -0.556. The minimum Gasteiger partial charge on any atom is -0.480 e. The smallest absolute Gasteiger partial charge is 0.320 e. The van der Waals surface area contributed by atoms with E-state index in [-0.39, 0.29) is 4.90 Å². The van der Waals surface area contributed by atoms with E-state index in [2.05, 4.69) is 0 Å².